The Morgan fingerprint density at radius 2 is 2.42 bits per heavy atom. The number of hydrogen-bond acceptors (Lipinski definition) is 3. The number of nitrogens with zero attached hydrogens (tertiary/aromatic N) is 1. The fraction of sp³-hybridized carbons (Fsp3) is 0.375. The maximum atomic E-state index is 5.79. The second-order valence-electron chi connectivity index (χ2n) is 2.50. The smallest absolute Gasteiger partial charge is 0.0656 e. The van der Waals surface area contributed by atoms with E-state index in [0.29, 0.717) is 6.61 Å². The first-order valence-electron chi connectivity index (χ1n) is 3.59. The summed E-state index contributed by atoms with van der Waals surface area (Å²) < 4.78 is 5.87. The molecule has 1 unspecified atom stereocenters. The number of nitrogens with two attached hydrogens (primary N) is 1. The van der Waals surface area contributed by atoms with Crippen LogP contribution in [0.4, 0.5) is 0 Å². The Hall–Kier alpha value is -0.450. The Bertz CT molecular complexity index is 255. The predicted octanol–water partition coefficient (Wildman–Crippen LogP) is 1.49. The number of halogens is 1. The van der Waals surface area contributed by atoms with Gasteiger partial charge in [-0.1, -0.05) is 0 Å². The van der Waals surface area contributed by atoms with E-state index >= 15 is 0 Å². The normalized spacial score (nSPS) is 12.9. The molecule has 1 aromatic heterocycles. The van der Waals surface area contributed by atoms with Crippen LogP contribution in [0.3, 0.4) is 0 Å². The molecule has 0 spiro atoms. The zero-order valence-electron chi connectivity index (χ0n) is 6.83. The maximum Gasteiger partial charge on any atom is 0.0656 e. The zero-order chi connectivity index (χ0) is 8.97. The van der Waals surface area contributed by atoms with Gasteiger partial charge in [0.15, 0.2) is 0 Å². The van der Waals surface area contributed by atoms with Gasteiger partial charge in [-0.2, -0.15) is 0 Å². The lowest BCUT2D eigenvalue weighted by molar-refractivity contribution is 0.181. The largest absolute Gasteiger partial charge is 0.383 e. The lowest BCUT2D eigenvalue weighted by Crippen LogP contribution is -2.16. The highest BCUT2D eigenvalue weighted by Gasteiger charge is 2.05. The highest BCUT2D eigenvalue weighted by atomic mass is 79.9. The second kappa shape index (κ2) is 4.54. The van der Waals surface area contributed by atoms with E-state index in [0.717, 1.165) is 10.0 Å². The van der Waals surface area contributed by atoms with E-state index in [1.165, 1.54) is 0 Å². The zero-order valence-corrected chi connectivity index (χ0v) is 8.41. The van der Waals surface area contributed by atoms with E-state index in [4.69, 9.17) is 10.5 Å². The Morgan fingerprint density at radius 1 is 1.67 bits per heavy atom. The third kappa shape index (κ3) is 2.55. The van der Waals surface area contributed by atoms with Gasteiger partial charge in [0.2, 0.25) is 0 Å². The van der Waals surface area contributed by atoms with Crippen molar-refractivity contribution >= 4 is 15.9 Å². The lowest BCUT2D eigenvalue weighted by atomic mass is 10.1. The van der Waals surface area contributed by atoms with E-state index in [1.54, 1.807) is 19.5 Å². The summed E-state index contributed by atoms with van der Waals surface area (Å²) in [5.74, 6) is 0. The molecule has 0 amide bonds. The number of ether oxygens (including phenoxy) is 1. The third-order valence-electron chi connectivity index (χ3n) is 1.50. The molecule has 0 aliphatic carbocycles. The van der Waals surface area contributed by atoms with Crippen LogP contribution in [-0.2, 0) is 4.74 Å². The van der Waals surface area contributed by atoms with E-state index in [-0.39, 0.29) is 6.04 Å². The van der Waals surface area contributed by atoms with Gasteiger partial charge in [-0.15, -0.1) is 0 Å². The monoisotopic (exact) mass is 230 g/mol. The van der Waals surface area contributed by atoms with Gasteiger partial charge < -0.3 is 10.5 Å². The van der Waals surface area contributed by atoms with Crippen LogP contribution in [0.25, 0.3) is 0 Å². The SMILES string of the molecule is COCC(N)c1cncc(Br)c1. The molecule has 0 radical (unpaired) electrons. The first kappa shape index (κ1) is 9.64. The van der Waals surface area contributed by atoms with E-state index in [1.807, 2.05) is 6.07 Å². The minimum Gasteiger partial charge on any atom is -0.383 e. The van der Waals surface area contributed by atoms with Crippen LogP contribution in [0, 0.1) is 0 Å². The van der Waals surface area contributed by atoms with E-state index in [2.05, 4.69) is 20.9 Å². The minimum atomic E-state index is -0.0972. The topological polar surface area (TPSA) is 48.1 Å². The van der Waals surface area contributed by atoms with Crippen molar-refractivity contribution in [3.05, 3.63) is 28.5 Å². The van der Waals surface area contributed by atoms with Gasteiger partial charge >= 0.3 is 0 Å². The van der Waals surface area contributed by atoms with Gasteiger partial charge in [0.25, 0.3) is 0 Å². The van der Waals surface area contributed by atoms with Crippen LogP contribution in [-0.4, -0.2) is 18.7 Å². The molecule has 2 N–H and O–H groups in total. The van der Waals surface area contributed by atoms with Gasteiger partial charge in [-0.3, -0.25) is 4.98 Å². The minimum absolute atomic E-state index is 0.0972. The summed E-state index contributed by atoms with van der Waals surface area (Å²) in [6.07, 6.45) is 3.47. The number of aromatic nitrogens is 1. The van der Waals surface area contributed by atoms with E-state index in [9.17, 15) is 0 Å². The molecule has 0 bridgehead atoms. The van der Waals surface area contributed by atoms with Crippen molar-refractivity contribution in [1.82, 2.24) is 4.98 Å². The molecule has 66 valence electrons. The van der Waals surface area contributed by atoms with Gasteiger partial charge in [-0.25, -0.2) is 0 Å². The Labute approximate surface area is 80.1 Å². The number of methoxy groups -OCH3 is 1. The van der Waals surface area contributed by atoms with Crippen LogP contribution in [0.2, 0.25) is 0 Å². The van der Waals surface area contributed by atoms with Crippen molar-refractivity contribution in [3.8, 4) is 0 Å². The summed E-state index contributed by atoms with van der Waals surface area (Å²) in [6, 6.07) is 1.84. The highest BCUT2D eigenvalue weighted by Crippen LogP contribution is 2.14. The molecule has 3 nitrogen and oxygen atoms in total. The average Bonchev–Trinajstić information content (AvgIpc) is 2.05. The maximum absolute atomic E-state index is 5.79. The molecule has 1 atom stereocenters. The van der Waals surface area contributed by atoms with Crippen molar-refractivity contribution in [2.45, 2.75) is 6.04 Å². The molecule has 4 heteroatoms. The summed E-state index contributed by atoms with van der Waals surface area (Å²) >= 11 is 3.32. The molecule has 0 saturated heterocycles. The van der Waals surface area contributed by atoms with Crippen LogP contribution < -0.4 is 5.73 Å². The molecular formula is C8H11BrN2O. The highest BCUT2D eigenvalue weighted by molar-refractivity contribution is 9.10. The van der Waals surface area contributed by atoms with Crippen molar-refractivity contribution < 1.29 is 4.74 Å². The molecule has 0 saturated carbocycles. The van der Waals surface area contributed by atoms with Crippen LogP contribution in [0.15, 0.2) is 22.9 Å². The van der Waals surface area contributed by atoms with Crippen molar-refractivity contribution in [2.24, 2.45) is 5.73 Å². The fourth-order valence-corrected chi connectivity index (χ4v) is 1.29. The molecule has 0 aromatic carbocycles. The summed E-state index contributed by atoms with van der Waals surface area (Å²) in [5.41, 5.74) is 6.77. The van der Waals surface area contributed by atoms with Crippen molar-refractivity contribution in [1.29, 1.82) is 0 Å². The van der Waals surface area contributed by atoms with Gasteiger partial charge in [0.05, 0.1) is 12.6 Å². The van der Waals surface area contributed by atoms with Gasteiger partial charge in [0.1, 0.15) is 0 Å². The van der Waals surface area contributed by atoms with E-state index < -0.39 is 0 Å². The second-order valence-corrected chi connectivity index (χ2v) is 3.41. The first-order valence-corrected chi connectivity index (χ1v) is 4.38. The fourth-order valence-electron chi connectivity index (χ4n) is 0.907. The molecule has 1 heterocycles. The van der Waals surface area contributed by atoms with Crippen molar-refractivity contribution in [2.75, 3.05) is 13.7 Å². The predicted molar refractivity (Wildman–Crippen MR) is 50.7 cm³/mol. The van der Waals surface area contributed by atoms with Crippen LogP contribution in [0.1, 0.15) is 11.6 Å². The summed E-state index contributed by atoms with van der Waals surface area (Å²) in [4.78, 5) is 4.01. The van der Waals surface area contributed by atoms with Gasteiger partial charge in [0, 0.05) is 24.0 Å². The summed E-state index contributed by atoms with van der Waals surface area (Å²) in [7, 11) is 1.63. The summed E-state index contributed by atoms with van der Waals surface area (Å²) in [5, 5.41) is 0. The number of hydrogen-bond donors (Lipinski definition) is 1. The van der Waals surface area contributed by atoms with Crippen LogP contribution >= 0.6 is 15.9 Å². The molecule has 0 aliphatic heterocycles. The number of pyridine rings is 1. The van der Waals surface area contributed by atoms with Gasteiger partial charge in [-0.05, 0) is 27.6 Å². The van der Waals surface area contributed by atoms with Crippen LogP contribution in [0.5, 0.6) is 0 Å². The quantitative estimate of drug-likeness (QED) is 0.857. The molecule has 0 aliphatic rings. The lowest BCUT2D eigenvalue weighted by Gasteiger charge is -2.09. The Morgan fingerprint density at radius 3 is 3.00 bits per heavy atom. The summed E-state index contributed by atoms with van der Waals surface area (Å²) in [6.45, 7) is 0.512. The Kier molecular flexibility index (Phi) is 3.65. The molecule has 12 heavy (non-hydrogen) atoms. The van der Waals surface area contributed by atoms with Crippen molar-refractivity contribution in [3.63, 3.8) is 0 Å². The average molecular weight is 231 g/mol. The first-order chi connectivity index (χ1) is 5.74. The molecule has 0 fully saturated rings. The third-order valence-corrected chi connectivity index (χ3v) is 1.93. The molecule has 1 rings (SSSR count). The molecule has 1 aromatic rings. The standard InChI is InChI=1S/C8H11BrN2O/c1-12-5-8(10)6-2-7(9)4-11-3-6/h2-4,8H,5,10H2,1H3. The number of rotatable bonds is 3. The molecular weight excluding hydrogens is 220 g/mol. The Balaban J connectivity index is 2.73.